The van der Waals surface area contributed by atoms with Crippen LogP contribution in [-0.2, 0) is 6.18 Å². The van der Waals surface area contributed by atoms with Gasteiger partial charge in [0.25, 0.3) is 0 Å². The largest absolute Gasteiger partial charge is 0.471 e. The predicted molar refractivity (Wildman–Crippen MR) is 65.3 cm³/mol. The second kappa shape index (κ2) is 5.20. The summed E-state index contributed by atoms with van der Waals surface area (Å²) in [4.78, 5) is 3.12. The lowest BCUT2D eigenvalue weighted by Crippen LogP contribution is -2.04. The summed E-state index contributed by atoms with van der Waals surface area (Å²) in [5.41, 5.74) is 0.407. The molecule has 0 fully saturated rings. The molecule has 0 saturated heterocycles. The Kier molecular flexibility index (Phi) is 3.95. The van der Waals surface area contributed by atoms with Crippen LogP contribution in [0.25, 0.3) is 11.4 Å². The molecule has 19 heavy (non-hydrogen) atoms. The number of alkyl halides is 5. The van der Waals surface area contributed by atoms with Gasteiger partial charge in [-0.2, -0.15) is 18.2 Å². The molecule has 3 nitrogen and oxygen atoms in total. The first-order valence-corrected chi connectivity index (χ1v) is 6.61. The fourth-order valence-electron chi connectivity index (χ4n) is 1.30. The van der Waals surface area contributed by atoms with Crippen LogP contribution in [-0.4, -0.2) is 10.1 Å². The summed E-state index contributed by atoms with van der Waals surface area (Å²) in [6.45, 7) is 0. The van der Waals surface area contributed by atoms with Crippen molar-refractivity contribution >= 4 is 31.9 Å². The Morgan fingerprint density at radius 2 is 1.89 bits per heavy atom. The molecular formula is C10H4Br2F4N2O. The first kappa shape index (κ1) is 14.4. The quantitative estimate of drug-likeness (QED) is 0.539. The Morgan fingerprint density at radius 1 is 1.21 bits per heavy atom. The molecule has 1 heterocycles. The molecule has 0 unspecified atom stereocenters. The first-order chi connectivity index (χ1) is 8.79. The van der Waals surface area contributed by atoms with Crippen LogP contribution < -0.4 is 0 Å². The molecule has 0 atom stereocenters. The lowest BCUT2D eigenvalue weighted by molar-refractivity contribution is -0.159. The highest BCUT2D eigenvalue weighted by Crippen LogP contribution is 2.33. The van der Waals surface area contributed by atoms with Gasteiger partial charge in [-0.25, -0.2) is 4.39 Å². The summed E-state index contributed by atoms with van der Waals surface area (Å²) in [6.07, 6.45) is -4.75. The predicted octanol–water partition coefficient (Wildman–Crippen LogP) is 4.68. The van der Waals surface area contributed by atoms with Crippen LogP contribution in [0.2, 0.25) is 0 Å². The summed E-state index contributed by atoms with van der Waals surface area (Å²) in [6, 6.07) is 3.97. The van der Waals surface area contributed by atoms with Crippen molar-refractivity contribution in [3.05, 3.63) is 35.5 Å². The van der Waals surface area contributed by atoms with Crippen molar-refractivity contribution in [3.63, 3.8) is 0 Å². The molecule has 0 bridgehead atoms. The van der Waals surface area contributed by atoms with E-state index in [9.17, 15) is 17.6 Å². The molecule has 0 spiro atoms. The third-order valence-corrected chi connectivity index (χ3v) is 3.21. The van der Waals surface area contributed by atoms with E-state index in [0.717, 1.165) is 6.07 Å². The van der Waals surface area contributed by atoms with Crippen molar-refractivity contribution < 1.29 is 22.1 Å². The number of hydrogen-bond donors (Lipinski definition) is 0. The van der Waals surface area contributed by atoms with Crippen LogP contribution >= 0.6 is 31.9 Å². The minimum atomic E-state index is -4.75. The van der Waals surface area contributed by atoms with Gasteiger partial charge in [0, 0.05) is 0 Å². The average Bonchev–Trinajstić information content (AvgIpc) is 2.77. The third kappa shape index (κ3) is 3.14. The van der Waals surface area contributed by atoms with E-state index < -0.39 is 23.7 Å². The SMILES string of the molecule is Fc1cc(C(Br)Br)ccc1-c1noc(C(F)(F)F)n1. The fourth-order valence-corrected chi connectivity index (χ4v) is 1.87. The lowest BCUT2D eigenvalue weighted by Gasteiger charge is -2.04. The van der Waals surface area contributed by atoms with E-state index in [2.05, 4.69) is 46.5 Å². The summed E-state index contributed by atoms with van der Waals surface area (Å²) in [7, 11) is 0. The van der Waals surface area contributed by atoms with Crippen LogP contribution in [0.5, 0.6) is 0 Å². The van der Waals surface area contributed by atoms with Crippen LogP contribution in [0.4, 0.5) is 17.6 Å². The van der Waals surface area contributed by atoms with Crippen molar-refractivity contribution in [1.82, 2.24) is 10.1 Å². The second-order valence-corrected chi connectivity index (χ2v) is 6.52. The molecule has 2 aromatic rings. The summed E-state index contributed by atoms with van der Waals surface area (Å²) < 4.78 is 54.4. The van der Waals surface area contributed by atoms with Gasteiger partial charge in [-0.1, -0.05) is 43.1 Å². The number of benzene rings is 1. The maximum atomic E-state index is 13.8. The highest BCUT2D eigenvalue weighted by Gasteiger charge is 2.38. The van der Waals surface area contributed by atoms with Gasteiger partial charge in [-0.15, -0.1) is 0 Å². The standard InChI is InChI=1S/C10H4Br2F4N2O/c11-7(12)4-1-2-5(6(13)3-4)8-17-9(19-18-8)10(14,15)16/h1-3,7H. The molecule has 0 aliphatic rings. The number of nitrogens with zero attached hydrogens (tertiary/aromatic N) is 2. The average molecular weight is 404 g/mol. The normalized spacial score (nSPS) is 12.2. The fraction of sp³-hybridized carbons (Fsp3) is 0.200. The zero-order valence-corrected chi connectivity index (χ0v) is 12.1. The van der Waals surface area contributed by atoms with Gasteiger partial charge >= 0.3 is 12.1 Å². The van der Waals surface area contributed by atoms with E-state index in [-0.39, 0.29) is 9.30 Å². The minimum absolute atomic E-state index is 0.163. The van der Waals surface area contributed by atoms with Gasteiger partial charge in [0.2, 0.25) is 5.82 Å². The maximum Gasteiger partial charge on any atom is 0.471 e. The highest BCUT2D eigenvalue weighted by atomic mass is 79.9. The van der Waals surface area contributed by atoms with Gasteiger partial charge in [0.15, 0.2) is 0 Å². The van der Waals surface area contributed by atoms with E-state index >= 15 is 0 Å². The Hall–Kier alpha value is -0.960. The van der Waals surface area contributed by atoms with E-state index in [0.29, 0.717) is 5.56 Å². The number of halogens is 6. The summed E-state index contributed by atoms with van der Waals surface area (Å²) >= 11 is 6.36. The molecule has 1 aromatic carbocycles. The van der Waals surface area contributed by atoms with Crippen molar-refractivity contribution in [2.75, 3.05) is 0 Å². The van der Waals surface area contributed by atoms with E-state index in [4.69, 9.17) is 0 Å². The molecule has 9 heteroatoms. The van der Waals surface area contributed by atoms with Crippen LogP contribution in [0.15, 0.2) is 22.7 Å². The van der Waals surface area contributed by atoms with Crippen molar-refractivity contribution in [3.8, 4) is 11.4 Å². The van der Waals surface area contributed by atoms with Gasteiger partial charge in [-0.05, 0) is 17.7 Å². The number of hydrogen-bond acceptors (Lipinski definition) is 3. The van der Waals surface area contributed by atoms with Gasteiger partial charge in [-0.3, -0.25) is 0 Å². The molecular weight excluding hydrogens is 400 g/mol. The molecule has 1 aromatic heterocycles. The molecule has 0 saturated carbocycles. The van der Waals surface area contributed by atoms with E-state index in [1.54, 1.807) is 0 Å². The Bertz CT molecular complexity index is 597. The lowest BCUT2D eigenvalue weighted by atomic mass is 10.1. The Labute approximate surface area is 121 Å². The van der Waals surface area contributed by atoms with E-state index in [1.807, 2.05) is 0 Å². The molecule has 2 rings (SSSR count). The molecule has 102 valence electrons. The maximum absolute atomic E-state index is 13.8. The zero-order chi connectivity index (χ0) is 14.2. The minimum Gasteiger partial charge on any atom is -0.329 e. The Balaban J connectivity index is 2.40. The van der Waals surface area contributed by atoms with Crippen molar-refractivity contribution in [1.29, 1.82) is 0 Å². The van der Waals surface area contributed by atoms with Crippen LogP contribution in [0, 0.1) is 5.82 Å². The monoisotopic (exact) mass is 402 g/mol. The molecule has 0 N–H and O–H groups in total. The topological polar surface area (TPSA) is 38.9 Å². The number of rotatable bonds is 2. The van der Waals surface area contributed by atoms with Gasteiger partial charge in [0.05, 0.1) is 9.30 Å². The molecule has 0 aliphatic heterocycles. The van der Waals surface area contributed by atoms with Gasteiger partial charge in [0.1, 0.15) is 5.82 Å². The summed E-state index contributed by atoms with van der Waals surface area (Å²) in [5.74, 6) is -2.70. The number of aromatic nitrogens is 2. The van der Waals surface area contributed by atoms with E-state index in [1.165, 1.54) is 12.1 Å². The summed E-state index contributed by atoms with van der Waals surface area (Å²) in [5, 5.41) is 3.12. The smallest absolute Gasteiger partial charge is 0.329 e. The van der Waals surface area contributed by atoms with Crippen molar-refractivity contribution in [2.24, 2.45) is 0 Å². The molecule has 0 radical (unpaired) electrons. The Morgan fingerprint density at radius 3 is 2.37 bits per heavy atom. The van der Waals surface area contributed by atoms with Gasteiger partial charge < -0.3 is 4.52 Å². The second-order valence-electron chi connectivity index (χ2n) is 3.46. The van der Waals surface area contributed by atoms with Crippen molar-refractivity contribution in [2.45, 2.75) is 9.91 Å². The zero-order valence-electron chi connectivity index (χ0n) is 8.88. The van der Waals surface area contributed by atoms with Crippen LogP contribution in [0.3, 0.4) is 0 Å². The molecule has 0 aliphatic carbocycles. The molecule has 0 amide bonds. The first-order valence-electron chi connectivity index (χ1n) is 4.78. The van der Waals surface area contributed by atoms with Crippen LogP contribution in [0.1, 0.15) is 15.2 Å². The third-order valence-electron chi connectivity index (χ3n) is 2.15. The highest BCUT2D eigenvalue weighted by molar-refractivity contribution is 9.24.